The number of aryl methyl sites for hydroxylation is 1. The number of aliphatic carboxylic acids is 1. The smallest absolute Gasteiger partial charge is 0.486 e. The van der Waals surface area contributed by atoms with E-state index in [1.54, 1.807) is 4.72 Å². The van der Waals surface area contributed by atoms with Gasteiger partial charge in [-0.1, -0.05) is 6.07 Å². The Balaban J connectivity index is 0.000000900. The predicted molar refractivity (Wildman–Crippen MR) is 145 cm³/mol. The van der Waals surface area contributed by atoms with Crippen molar-refractivity contribution in [2.75, 3.05) is 26.3 Å². The van der Waals surface area contributed by atoms with Crippen molar-refractivity contribution in [1.29, 1.82) is 5.26 Å². The van der Waals surface area contributed by atoms with E-state index in [0.29, 0.717) is 6.07 Å². The third kappa shape index (κ3) is 8.83. The van der Waals surface area contributed by atoms with Gasteiger partial charge in [0.15, 0.2) is 11.6 Å². The fraction of sp³-hybridized carbons (Fsp3) is 0.304. The van der Waals surface area contributed by atoms with Gasteiger partial charge in [-0.2, -0.15) is 23.2 Å². The number of halogens is 6. The molecule has 0 amide bonds. The number of fused-ring (bicyclic) bond motifs is 1. The van der Waals surface area contributed by atoms with Crippen molar-refractivity contribution in [1.82, 2.24) is 4.72 Å². The number of hydrogen-bond acceptors (Lipinski definition) is 10. The monoisotopic (exact) mass is 708 g/mol. The molecule has 0 saturated carbocycles. The van der Waals surface area contributed by atoms with Gasteiger partial charge in [-0.25, -0.2) is 26.4 Å². The van der Waals surface area contributed by atoms with E-state index < -0.39 is 89.9 Å². The summed E-state index contributed by atoms with van der Waals surface area (Å²) in [6, 6.07) is 4.02. The first kappa shape index (κ1) is 37.7. The minimum absolute atomic E-state index is 0.0534. The maximum absolute atomic E-state index is 15.5. The Labute approximate surface area is 254 Å². The Kier molecular flexibility index (Phi) is 12.4. The average molecular weight is 709 g/mol. The summed E-state index contributed by atoms with van der Waals surface area (Å²) in [5.74, 6) is -9.75. The second-order valence-electron chi connectivity index (χ2n) is 8.55. The minimum atomic E-state index is -5.31. The molecule has 0 saturated heterocycles. The Morgan fingerprint density at radius 2 is 1.62 bits per heavy atom. The third-order valence-electron chi connectivity index (χ3n) is 5.37. The van der Waals surface area contributed by atoms with Crippen LogP contribution in [0.25, 0.3) is 10.1 Å². The Morgan fingerprint density at radius 1 is 1.11 bits per heavy atom. The molecule has 0 bridgehead atoms. The number of benzene rings is 2. The lowest BCUT2D eigenvalue weighted by atomic mass is 10.1. The first-order valence-electron chi connectivity index (χ1n) is 11.9. The largest absolute Gasteiger partial charge is 0.490 e. The van der Waals surface area contributed by atoms with Gasteiger partial charge in [0.05, 0.1) is 10.3 Å². The van der Waals surface area contributed by atoms with Crippen molar-refractivity contribution in [3.05, 3.63) is 52.3 Å². The second-order valence-corrected chi connectivity index (χ2v) is 13.2. The summed E-state index contributed by atoms with van der Waals surface area (Å²) in [6.07, 6.45) is -5.08. The zero-order chi connectivity index (χ0) is 34.5. The Bertz CT molecular complexity index is 1780. The van der Waals surface area contributed by atoms with Gasteiger partial charge in [0, 0.05) is 18.5 Å². The standard InChI is InChI=1S/C21H22F3N4O7PS2.C2HF3O2/c1-10-14-15(23)17(34-6-4-25)18(35-7-5-26)16(24)19(14)37-21(10)38(32,33)28-20(36(29,30)31)11-2-3-12(9-27)13(22)8-11;3-2(4,5)1(6)7/h2-3,8,20,28H,4-7,25-26H2,1H3,(H2,29,30,31);(H,6,7). The van der Waals surface area contributed by atoms with Crippen LogP contribution >= 0.6 is 18.9 Å². The first-order chi connectivity index (χ1) is 20.7. The molecule has 0 aliphatic rings. The quantitative estimate of drug-likeness (QED) is 0.125. The molecule has 0 spiro atoms. The molecular formula is C23H23F6N4O9PS2. The molecule has 13 nitrogen and oxygen atoms in total. The minimum Gasteiger partial charge on any atom is -0.486 e. The third-order valence-corrected chi connectivity index (χ3v) is 9.98. The van der Waals surface area contributed by atoms with Crippen molar-refractivity contribution < 1.29 is 68.5 Å². The van der Waals surface area contributed by atoms with Gasteiger partial charge in [0.2, 0.25) is 11.5 Å². The molecule has 2 aromatic carbocycles. The fourth-order valence-electron chi connectivity index (χ4n) is 3.49. The topological polar surface area (TPSA) is 235 Å². The highest BCUT2D eigenvalue weighted by molar-refractivity contribution is 7.92. The molecule has 1 atom stereocenters. The van der Waals surface area contributed by atoms with Gasteiger partial charge < -0.3 is 35.8 Å². The van der Waals surface area contributed by atoms with E-state index in [1.807, 2.05) is 0 Å². The van der Waals surface area contributed by atoms with Crippen LogP contribution in [0.15, 0.2) is 22.4 Å². The van der Waals surface area contributed by atoms with Crippen molar-refractivity contribution in [3.8, 4) is 17.6 Å². The van der Waals surface area contributed by atoms with Crippen LogP contribution in [-0.4, -0.2) is 61.8 Å². The van der Waals surface area contributed by atoms with E-state index in [4.69, 9.17) is 36.1 Å². The van der Waals surface area contributed by atoms with Crippen LogP contribution < -0.4 is 25.7 Å². The van der Waals surface area contributed by atoms with E-state index >= 15 is 8.78 Å². The molecule has 1 aromatic heterocycles. The summed E-state index contributed by atoms with van der Waals surface area (Å²) >= 11 is 0.282. The summed E-state index contributed by atoms with van der Waals surface area (Å²) in [6.45, 7) is 0.616. The number of carbonyl (C=O) groups is 1. The summed E-state index contributed by atoms with van der Waals surface area (Å²) in [5, 5.41) is 15.5. The lowest BCUT2D eigenvalue weighted by Crippen LogP contribution is -2.28. The summed E-state index contributed by atoms with van der Waals surface area (Å²) in [4.78, 5) is 28.5. The molecule has 0 aliphatic heterocycles. The molecule has 1 heterocycles. The maximum Gasteiger partial charge on any atom is 0.490 e. The molecule has 1 unspecified atom stereocenters. The molecule has 0 aliphatic carbocycles. The molecule has 0 fully saturated rings. The van der Waals surface area contributed by atoms with E-state index in [-0.39, 0.29) is 43.2 Å². The summed E-state index contributed by atoms with van der Waals surface area (Å²) < 4.78 is 127. The van der Waals surface area contributed by atoms with Gasteiger partial charge in [-0.05, 0) is 30.2 Å². The molecule has 248 valence electrons. The van der Waals surface area contributed by atoms with Crippen LogP contribution in [0.4, 0.5) is 26.3 Å². The zero-order valence-electron chi connectivity index (χ0n) is 22.6. The number of ether oxygens (including phenoxy) is 2. The number of thiophene rings is 1. The highest BCUT2D eigenvalue weighted by Gasteiger charge is 2.39. The number of carboxylic acid groups (broad SMARTS) is 1. The van der Waals surface area contributed by atoms with E-state index in [2.05, 4.69) is 0 Å². The van der Waals surface area contributed by atoms with Gasteiger partial charge in [-0.15, -0.1) is 11.3 Å². The molecule has 3 aromatic rings. The second kappa shape index (κ2) is 14.7. The van der Waals surface area contributed by atoms with Crippen LogP contribution in [0.3, 0.4) is 0 Å². The van der Waals surface area contributed by atoms with Gasteiger partial charge in [0.25, 0.3) is 10.0 Å². The lowest BCUT2D eigenvalue weighted by Gasteiger charge is -2.20. The van der Waals surface area contributed by atoms with Crippen molar-refractivity contribution in [3.63, 3.8) is 0 Å². The van der Waals surface area contributed by atoms with E-state index in [0.717, 1.165) is 19.1 Å². The molecule has 3 rings (SSSR count). The average Bonchev–Trinajstić information content (AvgIpc) is 3.30. The lowest BCUT2D eigenvalue weighted by molar-refractivity contribution is -0.192. The highest BCUT2D eigenvalue weighted by Crippen LogP contribution is 2.52. The summed E-state index contributed by atoms with van der Waals surface area (Å²) in [5.41, 5.74) is 9.56. The molecule has 22 heteroatoms. The van der Waals surface area contributed by atoms with Gasteiger partial charge in [0.1, 0.15) is 35.1 Å². The van der Waals surface area contributed by atoms with Gasteiger partial charge in [-0.3, -0.25) is 4.57 Å². The first-order valence-corrected chi connectivity index (χ1v) is 15.9. The number of hydrogen-bond donors (Lipinski definition) is 6. The highest BCUT2D eigenvalue weighted by atomic mass is 32.2. The number of nitrogens with zero attached hydrogens (tertiary/aromatic N) is 1. The number of sulfonamides is 1. The maximum atomic E-state index is 15.5. The Hall–Kier alpha value is -3.48. The Morgan fingerprint density at radius 3 is 2.04 bits per heavy atom. The number of nitrogens with one attached hydrogen (secondary N) is 1. The number of carboxylic acids is 1. The van der Waals surface area contributed by atoms with E-state index in [9.17, 15) is 40.3 Å². The predicted octanol–water partition coefficient (Wildman–Crippen LogP) is 2.96. The summed E-state index contributed by atoms with van der Waals surface area (Å²) in [7, 11) is -10.2. The number of nitriles is 1. The van der Waals surface area contributed by atoms with Crippen molar-refractivity contribution in [2.45, 2.75) is 23.1 Å². The number of rotatable bonds is 11. The zero-order valence-corrected chi connectivity index (χ0v) is 25.1. The SMILES string of the molecule is Cc1c(S(=O)(=O)NC(c2ccc(C#N)c(F)c2)P(=O)(O)O)sc2c(F)c(OCCN)c(OCCN)c(F)c12.O=C(O)C(F)(F)F. The molecule has 8 N–H and O–H groups in total. The molecular weight excluding hydrogens is 685 g/mol. The van der Waals surface area contributed by atoms with Crippen LogP contribution in [0, 0.1) is 35.7 Å². The van der Waals surface area contributed by atoms with Crippen molar-refractivity contribution >= 4 is 45.0 Å². The van der Waals surface area contributed by atoms with Crippen LogP contribution in [0.2, 0.25) is 0 Å². The van der Waals surface area contributed by atoms with Gasteiger partial charge >= 0.3 is 19.7 Å². The van der Waals surface area contributed by atoms with Crippen LogP contribution in [0.5, 0.6) is 11.5 Å². The molecule has 0 radical (unpaired) electrons. The van der Waals surface area contributed by atoms with E-state index in [1.165, 1.54) is 6.07 Å². The number of alkyl halides is 3. The van der Waals surface area contributed by atoms with Crippen LogP contribution in [-0.2, 0) is 19.4 Å². The van der Waals surface area contributed by atoms with Crippen molar-refractivity contribution in [2.24, 2.45) is 11.5 Å². The van der Waals surface area contributed by atoms with Crippen LogP contribution in [0.1, 0.15) is 22.5 Å². The number of nitrogens with two attached hydrogens (primary N) is 2. The fourth-order valence-corrected chi connectivity index (χ4v) is 7.84. The molecule has 45 heavy (non-hydrogen) atoms. The normalized spacial score (nSPS) is 12.7.